The van der Waals surface area contributed by atoms with Crippen LogP contribution in [0, 0.1) is 0 Å². The molecule has 0 aliphatic carbocycles. The van der Waals surface area contributed by atoms with E-state index in [0.717, 1.165) is 12.1 Å². The molecule has 0 radical (unpaired) electrons. The van der Waals surface area contributed by atoms with E-state index in [1.54, 1.807) is 6.08 Å². The molecule has 0 saturated carbocycles. The quantitative estimate of drug-likeness (QED) is 0.624. The topological polar surface area (TPSA) is 29.1 Å². The lowest BCUT2D eigenvalue weighted by molar-refractivity contribution is -0.137. The van der Waals surface area contributed by atoms with E-state index in [1.807, 2.05) is 0 Å². The van der Waals surface area contributed by atoms with Crippen molar-refractivity contribution in [2.75, 3.05) is 0 Å². The summed E-state index contributed by atoms with van der Waals surface area (Å²) in [5, 5.41) is 2.60. The molecule has 0 heterocycles. The van der Waals surface area contributed by atoms with Crippen molar-refractivity contribution in [1.29, 1.82) is 0 Å². The van der Waals surface area contributed by atoms with Crippen molar-refractivity contribution in [2.45, 2.75) is 18.6 Å². The SMILES string of the molecule is C=CCC(/C=C/c1ccccc1C(F)(F)F)NC(=O)C=C. The van der Waals surface area contributed by atoms with Gasteiger partial charge in [-0.2, -0.15) is 13.2 Å². The molecule has 0 spiro atoms. The van der Waals surface area contributed by atoms with Crippen molar-refractivity contribution in [1.82, 2.24) is 5.32 Å². The maximum atomic E-state index is 12.9. The minimum Gasteiger partial charge on any atom is -0.346 e. The predicted octanol–water partition coefficient (Wildman–Crippen LogP) is 3.97. The third-order valence-electron chi connectivity index (χ3n) is 2.71. The Bertz CT molecular complexity index is 547. The van der Waals surface area contributed by atoms with Crippen molar-refractivity contribution < 1.29 is 18.0 Å². The fourth-order valence-corrected chi connectivity index (χ4v) is 1.73. The maximum Gasteiger partial charge on any atom is 0.416 e. The van der Waals surface area contributed by atoms with Crippen LogP contribution >= 0.6 is 0 Å². The Morgan fingerprint density at radius 3 is 2.52 bits per heavy atom. The molecule has 0 fully saturated rings. The van der Waals surface area contributed by atoms with Gasteiger partial charge in [0.15, 0.2) is 0 Å². The summed E-state index contributed by atoms with van der Waals surface area (Å²) in [6.07, 6.45) is 1.53. The summed E-state index contributed by atoms with van der Waals surface area (Å²) < 4.78 is 38.6. The summed E-state index contributed by atoms with van der Waals surface area (Å²) in [6, 6.07) is 4.82. The zero-order valence-electron chi connectivity index (χ0n) is 11.4. The average Bonchev–Trinajstić information content (AvgIpc) is 2.44. The fourth-order valence-electron chi connectivity index (χ4n) is 1.73. The van der Waals surface area contributed by atoms with Gasteiger partial charge in [-0.05, 0) is 24.1 Å². The maximum absolute atomic E-state index is 12.9. The first-order valence-corrected chi connectivity index (χ1v) is 6.26. The van der Waals surface area contributed by atoms with E-state index >= 15 is 0 Å². The number of carbonyl (C=O) groups is 1. The number of carbonyl (C=O) groups excluding carboxylic acids is 1. The van der Waals surface area contributed by atoms with Gasteiger partial charge in [-0.3, -0.25) is 4.79 Å². The third kappa shape index (κ3) is 5.30. The van der Waals surface area contributed by atoms with Crippen LogP contribution in [0.5, 0.6) is 0 Å². The van der Waals surface area contributed by atoms with Gasteiger partial charge in [0, 0.05) is 0 Å². The number of rotatable bonds is 6. The number of amides is 1. The Balaban J connectivity index is 2.98. The second-order valence-corrected chi connectivity index (χ2v) is 4.29. The smallest absolute Gasteiger partial charge is 0.346 e. The third-order valence-corrected chi connectivity index (χ3v) is 2.71. The van der Waals surface area contributed by atoms with Gasteiger partial charge < -0.3 is 5.32 Å². The number of benzene rings is 1. The van der Waals surface area contributed by atoms with E-state index in [4.69, 9.17) is 0 Å². The van der Waals surface area contributed by atoms with Gasteiger partial charge in [-0.1, -0.05) is 43.0 Å². The molecule has 1 N–H and O–H groups in total. The number of alkyl halides is 3. The highest BCUT2D eigenvalue weighted by Gasteiger charge is 2.32. The van der Waals surface area contributed by atoms with Crippen molar-refractivity contribution in [3.8, 4) is 0 Å². The second kappa shape index (κ2) is 7.47. The Morgan fingerprint density at radius 2 is 1.95 bits per heavy atom. The van der Waals surface area contributed by atoms with Crippen molar-refractivity contribution >= 4 is 12.0 Å². The first-order chi connectivity index (χ1) is 9.88. The molecule has 0 aliphatic heterocycles. The summed E-state index contributed by atoms with van der Waals surface area (Å²) >= 11 is 0. The molecule has 2 nitrogen and oxygen atoms in total. The predicted molar refractivity (Wildman–Crippen MR) is 77.4 cm³/mol. The van der Waals surface area contributed by atoms with Crippen molar-refractivity contribution in [2.24, 2.45) is 0 Å². The second-order valence-electron chi connectivity index (χ2n) is 4.29. The Morgan fingerprint density at radius 1 is 1.29 bits per heavy atom. The van der Waals surface area contributed by atoms with E-state index in [9.17, 15) is 18.0 Å². The van der Waals surface area contributed by atoms with Crippen LogP contribution in [0.2, 0.25) is 0 Å². The highest BCUT2D eigenvalue weighted by atomic mass is 19.4. The van der Waals surface area contributed by atoms with Crippen LogP contribution < -0.4 is 5.32 Å². The van der Waals surface area contributed by atoms with E-state index in [-0.39, 0.29) is 5.56 Å². The van der Waals surface area contributed by atoms with Crippen LogP contribution in [0.15, 0.2) is 55.7 Å². The normalized spacial score (nSPS) is 12.9. The van der Waals surface area contributed by atoms with E-state index in [2.05, 4.69) is 18.5 Å². The molecule has 1 amide bonds. The molecule has 1 aromatic carbocycles. The lowest BCUT2D eigenvalue weighted by Gasteiger charge is -2.13. The molecule has 112 valence electrons. The average molecular weight is 295 g/mol. The van der Waals surface area contributed by atoms with E-state index in [0.29, 0.717) is 6.42 Å². The van der Waals surface area contributed by atoms with Gasteiger partial charge in [0.1, 0.15) is 0 Å². The first-order valence-electron chi connectivity index (χ1n) is 6.26. The van der Waals surface area contributed by atoms with Gasteiger partial charge in [0.25, 0.3) is 0 Å². The lowest BCUT2D eigenvalue weighted by Crippen LogP contribution is -2.31. The molecule has 1 atom stereocenters. The number of halogens is 3. The van der Waals surface area contributed by atoms with Gasteiger partial charge in [-0.25, -0.2) is 0 Å². The molecule has 1 rings (SSSR count). The monoisotopic (exact) mass is 295 g/mol. The van der Waals surface area contributed by atoms with Crippen molar-refractivity contribution in [3.05, 3.63) is 66.8 Å². The molecule has 0 saturated heterocycles. The molecule has 21 heavy (non-hydrogen) atoms. The largest absolute Gasteiger partial charge is 0.416 e. The number of hydrogen-bond donors (Lipinski definition) is 1. The molecular formula is C16H16F3NO. The van der Waals surface area contributed by atoms with Crippen LogP contribution in [0.25, 0.3) is 6.08 Å². The zero-order valence-corrected chi connectivity index (χ0v) is 11.4. The van der Waals surface area contributed by atoms with Gasteiger partial charge in [0.05, 0.1) is 11.6 Å². The summed E-state index contributed by atoms with van der Waals surface area (Å²) in [5.41, 5.74) is -0.666. The van der Waals surface area contributed by atoms with E-state index < -0.39 is 23.7 Å². The number of hydrogen-bond acceptors (Lipinski definition) is 1. The minimum atomic E-state index is -4.42. The Kier molecular flexibility index (Phi) is 5.96. The van der Waals surface area contributed by atoms with Crippen molar-refractivity contribution in [3.63, 3.8) is 0 Å². The van der Waals surface area contributed by atoms with Crippen LogP contribution in [0.4, 0.5) is 13.2 Å². The summed E-state index contributed by atoms with van der Waals surface area (Å²) in [6.45, 7) is 6.88. The van der Waals surface area contributed by atoms with Gasteiger partial charge in [-0.15, -0.1) is 6.58 Å². The summed E-state index contributed by atoms with van der Waals surface area (Å²) in [7, 11) is 0. The highest BCUT2D eigenvalue weighted by molar-refractivity contribution is 5.87. The molecule has 0 aliphatic rings. The van der Waals surface area contributed by atoms with Crippen LogP contribution in [-0.2, 0) is 11.0 Å². The molecule has 1 unspecified atom stereocenters. The molecular weight excluding hydrogens is 279 g/mol. The number of nitrogens with one attached hydrogen (secondary N) is 1. The summed E-state index contributed by atoms with van der Waals surface area (Å²) in [5.74, 6) is -0.393. The molecule has 0 bridgehead atoms. The molecule has 5 heteroatoms. The highest BCUT2D eigenvalue weighted by Crippen LogP contribution is 2.32. The Labute approximate surface area is 121 Å². The fraction of sp³-hybridized carbons (Fsp3) is 0.188. The standard InChI is InChI=1S/C16H16F3NO/c1-3-7-13(20-15(21)4-2)11-10-12-8-5-6-9-14(12)16(17,18)19/h3-6,8-11,13H,1-2,7H2,(H,20,21)/b11-10+. The first kappa shape index (κ1) is 16.8. The minimum absolute atomic E-state index is 0.0481. The van der Waals surface area contributed by atoms with Crippen LogP contribution in [0.1, 0.15) is 17.5 Å². The van der Waals surface area contributed by atoms with Crippen LogP contribution in [-0.4, -0.2) is 11.9 Å². The van der Waals surface area contributed by atoms with Crippen LogP contribution in [0.3, 0.4) is 0 Å². The zero-order chi connectivity index (χ0) is 15.9. The van der Waals surface area contributed by atoms with Gasteiger partial charge >= 0.3 is 6.18 Å². The molecule has 0 aromatic heterocycles. The lowest BCUT2D eigenvalue weighted by atomic mass is 10.0. The Hall–Kier alpha value is -2.30. The summed E-state index contributed by atoms with van der Waals surface area (Å²) in [4.78, 5) is 11.3. The molecule has 1 aromatic rings. The van der Waals surface area contributed by atoms with Gasteiger partial charge in [0.2, 0.25) is 5.91 Å². The van der Waals surface area contributed by atoms with E-state index in [1.165, 1.54) is 30.4 Å².